The van der Waals surface area contributed by atoms with Gasteiger partial charge >= 0.3 is 12.2 Å². The fourth-order valence-corrected chi connectivity index (χ4v) is 2.82. The molecule has 4 nitrogen and oxygen atoms in total. The summed E-state index contributed by atoms with van der Waals surface area (Å²) in [6.45, 7) is 0.726. The Bertz CT molecular complexity index is 735. The van der Waals surface area contributed by atoms with Crippen LogP contribution < -0.4 is 15.4 Å². The molecule has 0 fully saturated rings. The molecule has 2 aromatic rings. The van der Waals surface area contributed by atoms with E-state index < -0.39 is 11.7 Å². The highest BCUT2D eigenvalue weighted by atomic mass is 19.4. The van der Waals surface area contributed by atoms with Gasteiger partial charge in [0.2, 0.25) is 0 Å². The number of benzene rings is 2. The van der Waals surface area contributed by atoms with Crippen molar-refractivity contribution in [2.24, 2.45) is 0 Å². The number of hydrogen-bond acceptors (Lipinski definition) is 2. The lowest BCUT2D eigenvalue weighted by atomic mass is 10.1. The number of amides is 2. The van der Waals surface area contributed by atoms with E-state index in [-0.39, 0.29) is 12.1 Å². The van der Waals surface area contributed by atoms with Crippen molar-refractivity contribution in [1.29, 1.82) is 0 Å². The second-order valence-electron chi connectivity index (χ2n) is 6.13. The van der Waals surface area contributed by atoms with E-state index in [1.807, 2.05) is 24.3 Å². The molecule has 1 aliphatic heterocycles. The van der Waals surface area contributed by atoms with E-state index in [9.17, 15) is 18.0 Å². The summed E-state index contributed by atoms with van der Waals surface area (Å²) in [7, 11) is 0. The maximum atomic E-state index is 12.5. The Hall–Kier alpha value is -2.70. The lowest BCUT2D eigenvalue weighted by Gasteiger charge is -2.13. The van der Waals surface area contributed by atoms with Gasteiger partial charge in [0.1, 0.15) is 11.9 Å². The highest BCUT2D eigenvalue weighted by Gasteiger charge is 2.29. The van der Waals surface area contributed by atoms with Crippen LogP contribution in [0.3, 0.4) is 0 Å². The lowest BCUT2D eigenvalue weighted by molar-refractivity contribution is -0.137. The van der Waals surface area contributed by atoms with E-state index in [1.54, 1.807) is 0 Å². The topological polar surface area (TPSA) is 50.4 Å². The molecule has 2 aromatic carbocycles. The van der Waals surface area contributed by atoms with E-state index >= 15 is 0 Å². The van der Waals surface area contributed by atoms with Gasteiger partial charge < -0.3 is 15.4 Å². The van der Waals surface area contributed by atoms with Gasteiger partial charge in [-0.25, -0.2) is 4.79 Å². The molecule has 26 heavy (non-hydrogen) atoms. The van der Waals surface area contributed by atoms with Crippen LogP contribution in [0.2, 0.25) is 0 Å². The van der Waals surface area contributed by atoms with Crippen molar-refractivity contribution in [1.82, 2.24) is 10.6 Å². The summed E-state index contributed by atoms with van der Waals surface area (Å²) < 4.78 is 43.2. The van der Waals surface area contributed by atoms with Crippen molar-refractivity contribution in [2.45, 2.75) is 25.1 Å². The predicted octanol–water partition coefficient (Wildman–Crippen LogP) is 3.55. The predicted molar refractivity (Wildman–Crippen MR) is 91.1 cm³/mol. The zero-order chi connectivity index (χ0) is 18.6. The van der Waals surface area contributed by atoms with Crippen LogP contribution in [0.25, 0.3) is 0 Å². The van der Waals surface area contributed by atoms with Crippen molar-refractivity contribution in [3.05, 3.63) is 65.2 Å². The third-order valence-corrected chi connectivity index (χ3v) is 4.18. The van der Waals surface area contributed by atoms with Crippen LogP contribution in [-0.2, 0) is 19.0 Å². The molecule has 0 bridgehead atoms. The molecule has 1 aliphatic rings. The van der Waals surface area contributed by atoms with E-state index in [2.05, 4.69) is 10.6 Å². The first kappa shape index (κ1) is 18.1. The third-order valence-electron chi connectivity index (χ3n) is 4.18. The van der Waals surface area contributed by atoms with E-state index in [1.165, 1.54) is 12.1 Å². The summed E-state index contributed by atoms with van der Waals surface area (Å²) in [5.41, 5.74) is 1.18. The first-order valence-corrected chi connectivity index (χ1v) is 8.34. The molecule has 2 amide bonds. The van der Waals surface area contributed by atoms with Crippen molar-refractivity contribution in [3.63, 3.8) is 0 Å². The minimum absolute atomic E-state index is 0.0898. The van der Waals surface area contributed by atoms with Crippen LogP contribution in [0, 0.1) is 0 Å². The molecule has 0 aromatic heterocycles. The molecule has 1 atom stereocenters. The number of halogens is 3. The number of ether oxygens (including phenoxy) is 1. The monoisotopic (exact) mass is 364 g/mol. The maximum absolute atomic E-state index is 12.5. The molecule has 138 valence electrons. The van der Waals surface area contributed by atoms with Gasteiger partial charge in [-0.1, -0.05) is 30.3 Å². The van der Waals surface area contributed by atoms with Crippen molar-refractivity contribution in [2.75, 3.05) is 13.1 Å². The zero-order valence-electron chi connectivity index (χ0n) is 14.0. The molecule has 0 aliphatic carbocycles. The molecule has 0 saturated carbocycles. The molecular formula is C19H19F3N2O2. The van der Waals surface area contributed by atoms with Crippen LogP contribution in [-0.4, -0.2) is 25.2 Å². The number of urea groups is 1. The van der Waals surface area contributed by atoms with Crippen LogP contribution in [0.4, 0.5) is 18.0 Å². The number of carbonyl (C=O) groups is 1. The van der Waals surface area contributed by atoms with Crippen LogP contribution in [0.1, 0.15) is 16.7 Å². The van der Waals surface area contributed by atoms with Gasteiger partial charge in [0.05, 0.1) is 12.1 Å². The number of hydrogen-bond donors (Lipinski definition) is 2. The smallest absolute Gasteiger partial charge is 0.416 e. The summed E-state index contributed by atoms with van der Waals surface area (Å²) in [4.78, 5) is 11.8. The SMILES string of the molecule is O=C(NCCc1ccc(C(F)(F)F)cc1)NCC1Cc2ccccc2O1. The molecule has 7 heteroatoms. The summed E-state index contributed by atoms with van der Waals surface area (Å²) in [6.07, 6.45) is -3.22. The maximum Gasteiger partial charge on any atom is 0.416 e. The molecule has 1 heterocycles. The Labute approximate surface area is 149 Å². The summed E-state index contributed by atoms with van der Waals surface area (Å²) >= 11 is 0. The minimum Gasteiger partial charge on any atom is -0.488 e. The summed E-state index contributed by atoms with van der Waals surface area (Å²) in [5.74, 6) is 0.849. The van der Waals surface area contributed by atoms with E-state index in [4.69, 9.17) is 4.74 Å². The Morgan fingerprint density at radius 3 is 2.50 bits per heavy atom. The van der Waals surface area contributed by atoms with Crippen molar-refractivity contribution >= 4 is 6.03 Å². The second-order valence-corrected chi connectivity index (χ2v) is 6.13. The first-order valence-electron chi connectivity index (χ1n) is 8.34. The average molecular weight is 364 g/mol. The Morgan fingerprint density at radius 1 is 1.08 bits per heavy atom. The van der Waals surface area contributed by atoms with Crippen molar-refractivity contribution in [3.8, 4) is 5.75 Å². The minimum atomic E-state index is -4.33. The highest BCUT2D eigenvalue weighted by molar-refractivity contribution is 5.73. The van der Waals surface area contributed by atoms with E-state index in [0.29, 0.717) is 19.5 Å². The van der Waals surface area contributed by atoms with Gasteiger partial charge in [-0.15, -0.1) is 0 Å². The van der Waals surface area contributed by atoms with E-state index in [0.717, 1.165) is 35.4 Å². The number of fused-ring (bicyclic) bond motifs is 1. The lowest BCUT2D eigenvalue weighted by Crippen LogP contribution is -2.41. The van der Waals surface area contributed by atoms with Crippen LogP contribution >= 0.6 is 0 Å². The number of alkyl halides is 3. The van der Waals surface area contributed by atoms with Gasteiger partial charge in [-0.05, 0) is 35.7 Å². The quantitative estimate of drug-likeness (QED) is 0.853. The summed E-state index contributed by atoms with van der Waals surface area (Å²) in [5, 5.41) is 5.44. The summed E-state index contributed by atoms with van der Waals surface area (Å²) in [6, 6.07) is 12.4. The fraction of sp³-hybridized carbons (Fsp3) is 0.316. The van der Waals surface area contributed by atoms with Gasteiger partial charge in [-0.2, -0.15) is 13.2 Å². The fourth-order valence-electron chi connectivity index (χ4n) is 2.82. The van der Waals surface area contributed by atoms with Crippen LogP contribution in [0.15, 0.2) is 48.5 Å². The number of rotatable bonds is 5. The molecule has 0 saturated heterocycles. The highest BCUT2D eigenvalue weighted by Crippen LogP contribution is 2.29. The Balaban J connectivity index is 1.36. The second kappa shape index (κ2) is 7.68. The van der Waals surface area contributed by atoms with Gasteiger partial charge in [0, 0.05) is 13.0 Å². The molecule has 3 rings (SSSR count). The number of carbonyl (C=O) groups excluding carboxylic acids is 1. The van der Waals surface area contributed by atoms with Gasteiger partial charge in [-0.3, -0.25) is 0 Å². The van der Waals surface area contributed by atoms with Gasteiger partial charge in [0.25, 0.3) is 0 Å². The Kier molecular flexibility index (Phi) is 5.35. The average Bonchev–Trinajstić information content (AvgIpc) is 3.03. The molecular weight excluding hydrogens is 345 g/mol. The molecule has 0 radical (unpaired) electrons. The molecule has 2 N–H and O–H groups in total. The third kappa shape index (κ3) is 4.68. The number of nitrogens with one attached hydrogen (secondary N) is 2. The molecule has 1 unspecified atom stereocenters. The normalized spacial score (nSPS) is 15.9. The number of para-hydroxylation sites is 1. The molecule has 0 spiro atoms. The van der Waals surface area contributed by atoms with Crippen LogP contribution in [0.5, 0.6) is 5.75 Å². The largest absolute Gasteiger partial charge is 0.488 e. The van der Waals surface area contributed by atoms with Gasteiger partial charge in [0.15, 0.2) is 0 Å². The van der Waals surface area contributed by atoms with Crippen molar-refractivity contribution < 1.29 is 22.7 Å². The Morgan fingerprint density at radius 2 is 1.81 bits per heavy atom. The first-order chi connectivity index (χ1) is 12.4. The zero-order valence-corrected chi connectivity index (χ0v) is 14.0. The standard InChI is InChI=1S/C19H19F3N2O2/c20-19(21,22)15-7-5-13(6-8-15)9-10-23-18(25)24-12-16-11-14-3-1-2-4-17(14)26-16/h1-8,16H,9-12H2,(H2,23,24,25).